The smallest absolute Gasteiger partial charge is 0.214 e. The van der Waals surface area contributed by atoms with Crippen molar-refractivity contribution in [1.29, 1.82) is 0 Å². The first-order chi connectivity index (χ1) is 6.76. The summed E-state index contributed by atoms with van der Waals surface area (Å²) in [5.41, 5.74) is 1.01. The fourth-order valence-corrected chi connectivity index (χ4v) is 1.46. The summed E-state index contributed by atoms with van der Waals surface area (Å²) in [7, 11) is 1.61. The molecule has 0 saturated carbocycles. The second-order valence-corrected chi connectivity index (χ2v) is 3.49. The van der Waals surface area contributed by atoms with Gasteiger partial charge in [0, 0.05) is 29.9 Å². The van der Waals surface area contributed by atoms with Gasteiger partial charge in [-0.2, -0.15) is 0 Å². The number of nitrogens with zero attached hydrogens (tertiary/aromatic N) is 1. The number of methoxy groups -OCH3 is 1. The number of nitrogens with one attached hydrogen (secondary N) is 1. The normalized spacial score (nSPS) is 12.2. The Balaban J connectivity index is 2.57. The van der Waals surface area contributed by atoms with Crippen LogP contribution in [0.15, 0.2) is 18.3 Å². The number of aromatic nitrogens is 1. The van der Waals surface area contributed by atoms with Gasteiger partial charge in [-0.1, -0.05) is 0 Å². The Bertz CT molecular complexity index is 281. The topological polar surface area (TPSA) is 34.1 Å². The lowest BCUT2D eigenvalue weighted by atomic mass is 10.2. The molecule has 1 heterocycles. The van der Waals surface area contributed by atoms with E-state index in [1.807, 2.05) is 12.1 Å². The van der Waals surface area contributed by atoms with E-state index in [0.717, 1.165) is 12.1 Å². The van der Waals surface area contributed by atoms with E-state index in [9.17, 15) is 0 Å². The SMILES string of the molecule is COc1cc(NC(C)CCCl)ccn1. The Kier molecular flexibility index (Phi) is 4.53. The van der Waals surface area contributed by atoms with Crippen LogP contribution in [0, 0.1) is 0 Å². The molecule has 0 aliphatic carbocycles. The summed E-state index contributed by atoms with van der Waals surface area (Å²) >= 11 is 5.64. The number of rotatable bonds is 5. The predicted molar refractivity (Wildman–Crippen MR) is 59.2 cm³/mol. The molecule has 1 aromatic rings. The minimum atomic E-state index is 0.361. The standard InChI is InChI=1S/C10H15ClN2O/c1-8(3-5-11)13-9-4-6-12-10(7-9)14-2/h4,6-8H,3,5H2,1-2H3,(H,12,13). The van der Waals surface area contributed by atoms with Crippen molar-refractivity contribution in [3.63, 3.8) is 0 Å². The van der Waals surface area contributed by atoms with Crippen LogP contribution in [0.2, 0.25) is 0 Å². The van der Waals surface area contributed by atoms with Gasteiger partial charge in [-0.05, 0) is 19.4 Å². The van der Waals surface area contributed by atoms with Crippen molar-refractivity contribution < 1.29 is 4.74 Å². The molecule has 4 heteroatoms. The summed E-state index contributed by atoms with van der Waals surface area (Å²) in [5, 5.41) is 3.31. The molecule has 3 nitrogen and oxygen atoms in total. The molecular weight excluding hydrogens is 200 g/mol. The van der Waals surface area contributed by atoms with Crippen LogP contribution < -0.4 is 10.1 Å². The number of anilines is 1. The van der Waals surface area contributed by atoms with Gasteiger partial charge in [-0.3, -0.25) is 0 Å². The number of hydrogen-bond donors (Lipinski definition) is 1. The fourth-order valence-electron chi connectivity index (χ4n) is 1.13. The molecular formula is C10H15ClN2O. The highest BCUT2D eigenvalue weighted by Crippen LogP contribution is 2.15. The first kappa shape index (κ1) is 11.1. The van der Waals surface area contributed by atoms with E-state index in [-0.39, 0.29) is 0 Å². The summed E-state index contributed by atoms with van der Waals surface area (Å²) in [4.78, 5) is 4.02. The monoisotopic (exact) mass is 214 g/mol. The van der Waals surface area contributed by atoms with E-state index < -0.39 is 0 Å². The number of pyridine rings is 1. The lowest BCUT2D eigenvalue weighted by Gasteiger charge is -2.13. The lowest BCUT2D eigenvalue weighted by molar-refractivity contribution is 0.398. The molecule has 0 aliphatic rings. The fraction of sp³-hybridized carbons (Fsp3) is 0.500. The molecule has 0 amide bonds. The van der Waals surface area contributed by atoms with Crippen molar-refractivity contribution in [2.24, 2.45) is 0 Å². The maximum atomic E-state index is 5.64. The Morgan fingerprint density at radius 3 is 3.07 bits per heavy atom. The second-order valence-electron chi connectivity index (χ2n) is 3.11. The van der Waals surface area contributed by atoms with Crippen molar-refractivity contribution in [2.75, 3.05) is 18.3 Å². The molecule has 78 valence electrons. The number of halogens is 1. The van der Waals surface area contributed by atoms with E-state index in [2.05, 4.69) is 17.2 Å². The van der Waals surface area contributed by atoms with Gasteiger partial charge in [0.1, 0.15) is 0 Å². The van der Waals surface area contributed by atoms with Gasteiger partial charge >= 0.3 is 0 Å². The highest BCUT2D eigenvalue weighted by Gasteiger charge is 2.01. The van der Waals surface area contributed by atoms with Gasteiger partial charge in [0.2, 0.25) is 5.88 Å². The lowest BCUT2D eigenvalue weighted by Crippen LogP contribution is -2.15. The summed E-state index contributed by atoms with van der Waals surface area (Å²) < 4.78 is 5.02. The van der Waals surface area contributed by atoms with Crippen LogP contribution in [0.5, 0.6) is 5.88 Å². The minimum absolute atomic E-state index is 0.361. The maximum Gasteiger partial charge on any atom is 0.214 e. The summed E-state index contributed by atoms with van der Waals surface area (Å²) in [6, 6.07) is 4.14. The Morgan fingerprint density at radius 2 is 2.43 bits per heavy atom. The molecule has 14 heavy (non-hydrogen) atoms. The molecule has 0 radical (unpaired) electrons. The van der Waals surface area contributed by atoms with Crippen LogP contribution in [0.25, 0.3) is 0 Å². The Morgan fingerprint density at radius 1 is 1.64 bits per heavy atom. The van der Waals surface area contributed by atoms with E-state index >= 15 is 0 Å². The Labute approximate surface area is 89.4 Å². The molecule has 0 saturated heterocycles. The zero-order valence-electron chi connectivity index (χ0n) is 8.46. The van der Waals surface area contributed by atoms with Gasteiger partial charge < -0.3 is 10.1 Å². The van der Waals surface area contributed by atoms with Gasteiger partial charge in [0.25, 0.3) is 0 Å². The Hall–Kier alpha value is -0.960. The molecule has 1 aromatic heterocycles. The van der Waals surface area contributed by atoms with Crippen LogP contribution in [-0.2, 0) is 0 Å². The molecule has 0 aliphatic heterocycles. The van der Waals surface area contributed by atoms with E-state index in [1.54, 1.807) is 13.3 Å². The van der Waals surface area contributed by atoms with Crippen LogP contribution in [0.4, 0.5) is 5.69 Å². The van der Waals surface area contributed by atoms with Gasteiger partial charge in [0.05, 0.1) is 7.11 Å². The zero-order chi connectivity index (χ0) is 10.4. The molecule has 1 atom stereocenters. The zero-order valence-corrected chi connectivity index (χ0v) is 9.21. The summed E-state index contributed by atoms with van der Waals surface area (Å²) in [6.45, 7) is 2.09. The predicted octanol–water partition coefficient (Wildman–Crippen LogP) is 2.52. The molecule has 1 unspecified atom stereocenters. The van der Waals surface area contributed by atoms with E-state index in [1.165, 1.54) is 0 Å². The maximum absolute atomic E-state index is 5.64. The van der Waals surface area contributed by atoms with E-state index in [0.29, 0.717) is 17.8 Å². The highest BCUT2D eigenvalue weighted by molar-refractivity contribution is 6.17. The molecule has 0 spiro atoms. The number of alkyl halides is 1. The van der Waals surface area contributed by atoms with Crippen molar-refractivity contribution in [3.05, 3.63) is 18.3 Å². The first-order valence-electron chi connectivity index (χ1n) is 4.59. The van der Waals surface area contributed by atoms with Crippen molar-refractivity contribution >= 4 is 17.3 Å². The van der Waals surface area contributed by atoms with Crippen molar-refractivity contribution in [1.82, 2.24) is 4.98 Å². The van der Waals surface area contributed by atoms with Crippen LogP contribution >= 0.6 is 11.6 Å². The number of hydrogen-bond acceptors (Lipinski definition) is 3. The summed E-state index contributed by atoms with van der Waals surface area (Å²) in [5.74, 6) is 1.28. The van der Waals surface area contributed by atoms with E-state index in [4.69, 9.17) is 16.3 Å². The molecule has 0 fully saturated rings. The molecule has 0 bridgehead atoms. The molecule has 1 N–H and O–H groups in total. The van der Waals surface area contributed by atoms with Gasteiger partial charge in [0.15, 0.2) is 0 Å². The van der Waals surface area contributed by atoms with Gasteiger partial charge in [-0.25, -0.2) is 4.98 Å². The quantitative estimate of drug-likeness (QED) is 0.765. The minimum Gasteiger partial charge on any atom is -0.481 e. The molecule has 0 aromatic carbocycles. The third-order valence-electron chi connectivity index (χ3n) is 1.90. The third-order valence-corrected chi connectivity index (χ3v) is 2.12. The highest BCUT2D eigenvalue weighted by atomic mass is 35.5. The first-order valence-corrected chi connectivity index (χ1v) is 5.12. The summed E-state index contributed by atoms with van der Waals surface area (Å²) in [6.07, 6.45) is 2.65. The number of ether oxygens (including phenoxy) is 1. The third kappa shape index (κ3) is 3.42. The van der Waals surface area contributed by atoms with Crippen molar-refractivity contribution in [3.8, 4) is 5.88 Å². The largest absolute Gasteiger partial charge is 0.481 e. The average Bonchev–Trinajstić information content (AvgIpc) is 2.18. The average molecular weight is 215 g/mol. The second kappa shape index (κ2) is 5.70. The van der Waals surface area contributed by atoms with Gasteiger partial charge in [-0.15, -0.1) is 11.6 Å². The van der Waals surface area contributed by atoms with Crippen LogP contribution in [0.1, 0.15) is 13.3 Å². The van der Waals surface area contributed by atoms with Crippen LogP contribution in [-0.4, -0.2) is 24.0 Å². The van der Waals surface area contributed by atoms with Crippen LogP contribution in [0.3, 0.4) is 0 Å². The van der Waals surface area contributed by atoms with Crippen molar-refractivity contribution in [2.45, 2.75) is 19.4 Å². The molecule has 1 rings (SSSR count).